The Hall–Kier alpha value is -2.71. The first-order valence-electron chi connectivity index (χ1n) is 8.57. The number of para-hydroxylation sites is 1. The SMILES string of the molecule is CCOC(=O)c1sc2cccc(F)c2c1CSc1nc2ccccc2c(=O)[nH]1. The molecule has 0 atom stereocenters. The number of aromatic amines is 1. The van der Waals surface area contributed by atoms with Gasteiger partial charge in [0.25, 0.3) is 5.56 Å². The van der Waals surface area contributed by atoms with Crippen LogP contribution < -0.4 is 5.56 Å². The maximum Gasteiger partial charge on any atom is 0.348 e. The number of aromatic nitrogens is 2. The molecule has 2 aromatic carbocycles. The second-order valence-electron chi connectivity index (χ2n) is 5.92. The van der Waals surface area contributed by atoms with Crippen molar-refractivity contribution >= 4 is 50.1 Å². The molecule has 0 bridgehead atoms. The van der Waals surface area contributed by atoms with E-state index in [-0.39, 0.29) is 23.7 Å². The number of nitrogens with zero attached hydrogens (tertiary/aromatic N) is 1. The molecule has 0 saturated carbocycles. The Kier molecular flexibility index (Phi) is 5.15. The van der Waals surface area contributed by atoms with Gasteiger partial charge in [-0.1, -0.05) is 30.0 Å². The zero-order valence-corrected chi connectivity index (χ0v) is 16.5. The Morgan fingerprint density at radius 1 is 1.25 bits per heavy atom. The summed E-state index contributed by atoms with van der Waals surface area (Å²) in [6.07, 6.45) is 0. The molecule has 2 heterocycles. The molecule has 28 heavy (non-hydrogen) atoms. The van der Waals surface area contributed by atoms with Crippen molar-refractivity contribution in [2.75, 3.05) is 6.61 Å². The van der Waals surface area contributed by atoms with Gasteiger partial charge in [-0.3, -0.25) is 4.79 Å². The lowest BCUT2D eigenvalue weighted by atomic mass is 10.1. The molecule has 0 radical (unpaired) electrons. The first-order valence-corrected chi connectivity index (χ1v) is 10.4. The molecule has 1 N–H and O–H groups in total. The average Bonchev–Trinajstić information content (AvgIpc) is 3.07. The molecular formula is C20H15FN2O3S2. The molecule has 142 valence electrons. The lowest BCUT2D eigenvalue weighted by Crippen LogP contribution is -2.09. The molecule has 0 amide bonds. The van der Waals surface area contributed by atoms with Crippen LogP contribution >= 0.6 is 23.1 Å². The molecular weight excluding hydrogens is 399 g/mol. The molecule has 4 rings (SSSR count). The number of benzene rings is 2. The number of nitrogens with one attached hydrogen (secondary N) is 1. The number of hydrogen-bond donors (Lipinski definition) is 1. The zero-order valence-electron chi connectivity index (χ0n) is 14.8. The second-order valence-corrected chi connectivity index (χ2v) is 7.94. The van der Waals surface area contributed by atoms with E-state index in [9.17, 15) is 14.0 Å². The largest absolute Gasteiger partial charge is 0.462 e. The predicted octanol–water partition coefficient (Wildman–Crippen LogP) is 4.75. The number of fused-ring (bicyclic) bond motifs is 2. The fourth-order valence-electron chi connectivity index (χ4n) is 2.94. The first-order chi connectivity index (χ1) is 13.6. The van der Waals surface area contributed by atoms with Crippen LogP contribution in [-0.4, -0.2) is 22.5 Å². The molecule has 5 nitrogen and oxygen atoms in total. The topological polar surface area (TPSA) is 72.0 Å². The van der Waals surface area contributed by atoms with Crippen molar-refractivity contribution in [1.82, 2.24) is 9.97 Å². The van der Waals surface area contributed by atoms with Gasteiger partial charge < -0.3 is 9.72 Å². The van der Waals surface area contributed by atoms with Crippen molar-refractivity contribution < 1.29 is 13.9 Å². The van der Waals surface area contributed by atoms with E-state index < -0.39 is 5.97 Å². The van der Waals surface area contributed by atoms with Gasteiger partial charge in [-0.25, -0.2) is 14.2 Å². The number of thiophene rings is 1. The van der Waals surface area contributed by atoms with E-state index in [2.05, 4.69) is 9.97 Å². The number of esters is 1. The number of halogens is 1. The highest BCUT2D eigenvalue weighted by Crippen LogP contribution is 2.37. The van der Waals surface area contributed by atoms with Gasteiger partial charge in [0, 0.05) is 15.8 Å². The number of rotatable bonds is 5. The Morgan fingerprint density at radius 2 is 2.07 bits per heavy atom. The molecule has 0 saturated heterocycles. The van der Waals surface area contributed by atoms with Crippen molar-refractivity contribution in [3.63, 3.8) is 0 Å². The maximum absolute atomic E-state index is 14.5. The Bertz CT molecular complexity index is 1250. The van der Waals surface area contributed by atoms with E-state index in [1.54, 1.807) is 37.3 Å². The number of H-pyrrole nitrogens is 1. The van der Waals surface area contributed by atoms with Crippen LogP contribution in [0.5, 0.6) is 0 Å². The van der Waals surface area contributed by atoms with Crippen molar-refractivity contribution in [2.24, 2.45) is 0 Å². The highest BCUT2D eigenvalue weighted by atomic mass is 32.2. The highest BCUT2D eigenvalue weighted by molar-refractivity contribution is 7.98. The smallest absolute Gasteiger partial charge is 0.348 e. The summed E-state index contributed by atoms with van der Waals surface area (Å²) in [6.45, 7) is 1.96. The predicted molar refractivity (Wildman–Crippen MR) is 110 cm³/mol. The third-order valence-corrected chi connectivity index (χ3v) is 6.25. The van der Waals surface area contributed by atoms with Gasteiger partial charge >= 0.3 is 5.97 Å². The summed E-state index contributed by atoms with van der Waals surface area (Å²) in [4.78, 5) is 32.2. The van der Waals surface area contributed by atoms with Crippen molar-refractivity contribution in [1.29, 1.82) is 0 Å². The van der Waals surface area contributed by atoms with Crippen molar-refractivity contribution in [2.45, 2.75) is 17.8 Å². The van der Waals surface area contributed by atoms with Crippen molar-refractivity contribution in [3.05, 3.63) is 69.1 Å². The maximum atomic E-state index is 14.5. The van der Waals surface area contributed by atoms with Crippen LogP contribution in [0, 0.1) is 5.82 Å². The third kappa shape index (κ3) is 3.41. The second kappa shape index (κ2) is 7.73. The number of carbonyl (C=O) groups is 1. The molecule has 4 aromatic rings. The Morgan fingerprint density at radius 3 is 2.89 bits per heavy atom. The molecule has 2 aromatic heterocycles. The molecule has 0 aliphatic carbocycles. The van der Waals surface area contributed by atoms with Crippen LogP contribution in [0.25, 0.3) is 21.0 Å². The lowest BCUT2D eigenvalue weighted by molar-refractivity contribution is 0.0531. The van der Waals surface area contributed by atoms with Crippen LogP contribution in [-0.2, 0) is 10.5 Å². The molecule has 8 heteroatoms. The Labute approximate surface area is 167 Å². The monoisotopic (exact) mass is 414 g/mol. The number of thioether (sulfide) groups is 1. The van der Waals surface area contributed by atoms with Gasteiger partial charge in [-0.2, -0.15) is 0 Å². The fourth-order valence-corrected chi connectivity index (χ4v) is 5.06. The number of carbonyl (C=O) groups excluding carboxylic acids is 1. The molecule has 0 spiro atoms. The van der Waals surface area contributed by atoms with Gasteiger partial charge in [-0.15, -0.1) is 11.3 Å². The van der Waals surface area contributed by atoms with Gasteiger partial charge in [-0.05, 0) is 36.8 Å². The van der Waals surface area contributed by atoms with Crippen LogP contribution in [0.15, 0.2) is 52.4 Å². The lowest BCUT2D eigenvalue weighted by Gasteiger charge is -2.06. The van der Waals surface area contributed by atoms with E-state index in [1.165, 1.54) is 29.2 Å². The molecule has 0 unspecified atom stereocenters. The molecule has 0 fully saturated rings. The highest BCUT2D eigenvalue weighted by Gasteiger charge is 2.22. The van der Waals surface area contributed by atoms with Crippen LogP contribution in [0.4, 0.5) is 4.39 Å². The van der Waals surface area contributed by atoms with Gasteiger partial charge in [0.1, 0.15) is 10.7 Å². The van der Waals surface area contributed by atoms with E-state index in [0.29, 0.717) is 36.6 Å². The van der Waals surface area contributed by atoms with Gasteiger partial charge in [0.15, 0.2) is 5.16 Å². The van der Waals surface area contributed by atoms with Crippen LogP contribution in [0.2, 0.25) is 0 Å². The fraction of sp³-hybridized carbons (Fsp3) is 0.150. The Balaban J connectivity index is 1.74. The molecule has 0 aliphatic heterocycles. The summed E-state index contributed by atoms with van der Waals surface area (Å²) in [7, 11) is 0. The summed E-state index contributed by atoms with van der Waals surface area (Å²) < 4.78 is 20.3. The van der Waals surface area contributed by atoms with E-state index >= 15 is 0 Å². The summed E-state index contributed by atoms with van der Waals surface area (Å²) in [5.41, 5.74) is 0.901. The average molecular weight is 414 g/mol. The number of hydrogen-bond acceptors (Lipinski definition) is 6. The summed E-state index contributed by atoms with van der Waals surface area (Å²) in [6, 6.07) is 11.8. The van der Waals surface area contributed by atoms with Crippen LogP contribution in [0.1, 0.15) is 22.2 Å². The van der Waals surface area contributed by atoms with Gasteiger partial charge in [0.05, 0.1) is 17.5 Å². The zero-order chi connectivity index (χ0) is 19.7. The molecule has 0 aliphatic rings. The van der Waals surface area contributed by atoms with Crippen LogP contribution in [0.3, 0.4) is 0 Å². The minimum absolute atomic E-state index is 0.236. The number of ether oxygens (including phenoxy) is 1. The van der Waals surface area contributed by atoms with Gasteiger partial charge in [0.2, 0.25) is 0 Å². The van der Waals surface area contributed by atoms with E-state index in [0.717, 1.165) is 0 Å². The normalized spacial score (nSPS) is 11.2. The summed E-state index contributed by atoms with van der Waals surface area (Å²) in [5, 5.41) is 1.33. The van der Waals surface area contributed by atoms with E-state index in [4.69, 9.17) is 4.74 Å². The third-order valence-electron chi connectivity index (χ3n) is 4.17. The minimum atomic E-state index is -0.473. The summed E-state index contributed by atoms with van der Waals surface area (Å²) >= 11 is 2.45. The van der Waals surface area contributed by atoms with E-state index in [1.807, 2.05) is 6.07 Å². The summed E-state index contributed by atoms with van der Waals surface area (Å²) in [5.74, 6) is -0.588. The first kappa shape index (κ1) is 18.6. The standard InChI is InChI=1S/C20H15FN2O3S2/c1-2-26-19(25)17-12(16-13(21)7-5-9-15(16)28-17)10-27-20-22-14-8-4-3-6-11(14)18(24)23-20/h3-9H,2,10H2,1H3,(H,22,23,24). The quantitative estimate of drug-likeness (QED) is 0.290. The minimum Gasteiger partial charge on any atom is -0.462 e. The van der Waals surface area contributed by atoms with Crippen molar-refractivity contribution in [3.8, 4) is 0 Å².